The summed E-state index contributed by atoms with van der Waals surface area (Å²) in [6, 6.07) is 3.69. The Balaban J connectivity index is 1.55. The molecule has 1 saturated heterocycles. The molecule has 0 unspecified atom stereocenters. The minimum absolute atomic E-state index is 0.0529. The van der Waals surface area contributed by atoms with Gasteiger partial charge in [-0.15, -0.1) is 0 Å². The maximum atomic E-state index is 12.7. The first-order chi connectivity index (χ1) is 14.2. The molecule has 2 aliphatic rings. The number of benzene rings is 1. The van der Waals surface area contributed by atoms with Crippen LogP contribution in [0.3, 0.4) is 0 Å². The molecule has 0 N–H and O–H groups in total. The van der Waals surface area contributed by atoms with Crippen LogP contribution < -0.4 is 9.47 Å². The van der Waals surface area contributed by atoms with Gasteiger partial charge < -0.3 is 14.4 Å². The van der Waals surface area contributed by atoms with Gasteiger partial charge in [0.15, 0.2) is 23.1 Å². The number of ether oxygens (including phenoxy) is 2. The molecule has 0 atom stereocenters. The van der Waals surface area contributed by atoms with E-state index in [1.54, 1.807) is 12.1 Å². The highest BCUT2D eigenvalue weighted by atomic mass is 16.7. The fourth-order valence-corrected chi connectivity index (χ4v) is 4.17. The first-order valence-corrected chi connectivity index (χ1v) is 10.7. The lowest BCUT2D eigenvalue weighted by molar-refractivity contribution is -0.133. The summed E-state index contributed by atoms with van der Waals surface area (Å²) < 4.78 is 10.7. The Hall–Kier alpha value is -2.41. The summed E-state index contributed by atoms with van der Waals surface area (Å²) in [6.45, 7) is 7.54. The van der Waals surface area contributed by atoms with Crippen molar-refractivity contribution in [2.24, 2.45) is 5.92 Å². The molecule has 0 spiro atoms. The molecule has 7 heteroatoms. The van der Waals surface area contributed by atoms with Crippen molar-refractivity contribution in [2.75, 3.05) is 33.5 Å². The third-order valence-corrected chi connectivity index (χ3v) is 5.81. The molecule has 0 bridgehead atoms. The molecule has 30 heavy (non-hydrogen) atoms. The summed E-state index contributed by atoms with van der Waals surface area (Å²) in [4.78, 5) is 41.0. The second kappa shape index (κ2) is 9.60. The first kappa shape index (κ1) is 22.3. The zero-order valence-corrected chi connectivity index (χ0v) is 18.4. The fourth-order valence-electron chi connectivity index (χ4n) is 4.17. The molecule has 0 aromatic heterocycles. The molecule has 2 heterocycles. The highest BCUT2D eigenvalue weighted by Gasteiger charge is 2.27. The summed E-state index contributed by atoms with van der Waals surface area (Å²) >= 11 is 0. The molecule has 2 aliphatic heterocycles. The Kier molecular flexibility index (Phi) is 7.13. The van der Waals surface area contributed by atoms with Crippen molar-refractivity contribution in [3.8, 4) is 11.5 Å². The van der Waals surface area contributed by atoms with Gasteiger partial charge in [-0.25, -0.2) is 0 Å². The van der Waals surface area contributed by atoms with Gasteiger partial charge in [-0.05, 0) is 50.4 Å². The quantitative estimate of drug-likeness (QED) is 0.607. The zero-order valence-electron chi connectivity index (χ0n) is 18.4. The average Bonchev–Trinajstić information content (AvgIpc) is 3.14. The molecule has 1 amide bonds. The number of piperidine rings is 1. The smallest absolute Gasteiger partial charge is 0.231 e. The van der Waals surface area contributed by atoms with Gasteiger partial charge in [-0.2, -0.15) is 0 Å². The minimum atomic E-state index is -0.0945. The molecular formula is C23H32N2O5. The molecule has 1 aromatic carbocycles. The second-order valence-electron chi connectivity index (χ2n) is 8.76. The standard InChI is InChI=1S/C23H32N2O5/c1-15(2)9-23(28)25-7-5-18(6-8-25)24(4)13-19(27)10-17-11-21-22(30-14-29-21)12-20(17)16(3)26/h11-12,15,18H,5-10,13-14H2,1-4H3. The maximum absolute atomic E-state index is 12.7. The summed E-state index contributed by atoms with van der Waals surface area (Å²) in [5.74, 6) is 1.68. The topological polar surface area (TPSA) is 76.2 Å². The van der Waals surface area contributed by atoms with Crippen LogP contribution >= 0.6 is 0 Å². The summed E-state index contributed by atoms with van der Waals surface area (Å²) in [5.41, 5.74) is 1.19. The number of hydrogen-bond donors (Lipinski definition) is 0. The normalized spacial score (nSPS) is 16.4. The predicted molar refractivity (Wildman–Crippen MR) is 113 cm³/mol. The number of amides is 1. The van der Waals surface area contributed by atoms with Crippen LogP contribution in [0.15, 0.2) is 12.1 Å². The van der Waals surface area contributed by atoms with Crippen molar-refractivity contribution in [1.29, 1.82) is 0 Å². The number of carbonyl (C=O) groups is 3. The molecule has 1 fully saturated rings. The molecule has 164 valence electrons. The lowest BCUT2D eigenvalue weighted by Gasteiger charge is -2.36. The van der Waals surface area contributed by atoms with E-state index in [1.165, 1.54) is 6.92 Å². The number of ketones is 2. The van der Waals surface area contributed by atoms with Crippen LogP contribution in [0.2, 0.25) is 0 Å². The van der Waals surface area contributed by atoms with E-state index in [0.717, 1.165) is 25.9 Å². The van der Waals surface area contributed by atoms with Gasteiger partial charge in [0, 0.05) is 37.5 Å². The zero-order chi connectivity index (χ0) is 21.8. The number of likely N-dealkylation sites (tertiary alicyclic amines) is 1. The molecular weight excluding hydrogens is 384 g/mol. The number of hydrogen-bond acceptors (Lipinski definition) is 6. The highest BCUT2D eigenvalue weighted by Crippen LogP contribution is 2.35. The van der Waals surface area contributed by atoms with Crippen molar-refractivity contribution in [1.82, 2.24) is 9.80 Å². The van der Waals surface area contributed by atoms with E-state index < -0.39 is 0 Å². The van der Waals surface area contributed by atoms with E-state index in [9.17, 15) is 14.4 Å². The van der Waals surface area contributed by atoms with Crippen LogP contribution in [0.25, 0.3) is 0 Å². The monoisotopic (exact) mass is 416 g/mol. The Bertz CT molecular complexity index is 812. The van der Waals surface area contributed by atoms with Crippen molar-refractivity contribution >= 4 is 17.5 Å². The number of carbonyl (C=O) groups excluding carboxylic acids is 3. The van der Waals surface area contributed by atoms with Crippen LogP contribution in [-0.4, -0.2) is 66.8 Å². The first-order valence-electron chi connectivity index (χ1n) is 10.7. The second-order valence-corrected chi connectivity index (χ2v) is 8.76. The third-order valence-electron chi connectivity index (χ3n) is 5.81. The van der Waals surface area contributed by atoms with E-state index in [1.807, 2.05) is 11.9 Å². The molecule has 0 aliphatic carbocycles. The van der Waals surface area contributed by atoms with Crippen molar-refractivity contribution < 1.29 is 23.9 Å². The Morgan fingerprint density at radius 1 is 1.13 bits per heavy atom. The summed E-state index contributed by atoms with van der Waals surface area (Å²) in [7, 11) is 1.96. The van der Waals surface area contributed by atoms with Gasteiger partial charge in [0.1, 0.15) is 0 Å². The van der Waals surface area contributed by atoms with E-state index in [0.29, 0.717) is 41.5 Å². The van der Waals surface area contributed by atoms with Gasteiger partial charge in [0.2, 0.25) is 12.7 Å². The van der Waals surface area contributed by atoms with Gasteiger partial charge in [0.05, 0.1) is 6.54 Å². The minimum Gasteiger partial charge on any atom is -0.454 e. The van der Waals surface area contributed by atoms with E-state index >= 15 is 0 Å². The van der Waals surface area contributed by atoms with Crippen molar-refractivity contribution in [2.45, 2.75) is 52.5 Å². The SMILES string of the molecule is CC(=O)c1cc2c(cc1CC(=O)CN(C)C1CCN(C(=O)CC(C)C)CC1)OCO2. The average molecular weight is 417 g/mol. The predicted octanol–water partition coefficient (Wildman–Crippen LogP) is 2.70. The number of rotatable bonds is 8. The van der Waals surface area contributed by atoms with Gasteiger partial charge in [-0.3, -0.25) is 19.3 Å². The van der Waals surface area contributed by atoms with Crippen LogP contribution in [0.4, 0.5) is 0 Å². The molecule has 7 nitrogen and oxygen atoms in total. The third kappa shape index (κ3) is 5.39. The molecule has 1 aromatic rings. The molecule has 0 saturated carbocycles. The van der Waals surface area contributed by atoms with E-state index in [2.05, 4.69) is 18.7 Å². The van der Waals surface area contributed by atoms with Gasteiger partial charge >= 0.3 is 0 Å². The summed E-state index contributed by atoms with van der Waals surface area (Å²) in [5, 5.41) is 0. The number of nitrogens with zero attached hydrogens (tertiary/aromatic N) is 2. The Morgan fingerprint density at radius 2 is 1.77 bits per heavy atom. The van der Waals surface area contributed by atoms with Crippen LogP contribution in [0.5, 0.6) is 11.5 Å². The number of Topliss-reactive ketones (excluding diaryl/α,β-unsaturated/α-hetero) is 2. The Morgan fingerprint density at radius 3 is 2.37 bits per heavy atom. The number of fused-ring (bicyclic) bond motifs is 1. The van der Waals surface area contributed by atoms with Crippen LogP contribution in [0.1, 0.15) is 56.0 Å². The lowest BCUT2D eigenvalue weighted by atomic mass is 9.97. The van der Waals surface area contributed by atoms with Crippen LogP contribution in [0, 0.1) is 5.92 Å². The Labute approximate surface area is 178 Å². The maximum Gasteiger partial charge on any atom is 0.231 e. The highest BCUT2D eigenvalue weighted by molar-refractivity contribution is 5.98. The molecule has 3 rings (SSSR count). The fraction of sp³-hybridized carbons (Fsp3) is 0.609. The summed E-state index contributed by atoms with van der Waals surface area (Å²) in [6.07, 6.45) is 2.52. The van der Waals surface area contributed by atoms with E-state index in [4.69, 9.17) is 9.47 Å². The van der Waals surface area contributed by atoms with E-state index in [-0.39, 0.29) is 36.7 Å². The lowest BCUT2D eigenvalue weighted by Crippen LogP contribution is -2.47. The molecule has 0 radical (unpaired) electrons. The van der Waals surface area contributed by atoms with Crippen molar-refractivity contribution in [3.63, 3.8) is 0 Å². The largest absolute Gasteiger partial charge is 0.454 e. The van der Waals surface area contributed by atoms with Crippen LogP contribution in [-0.2, 0) is 16.0 Å². The van der Waals surface area contributed by atoms with Gasteiger partial charge in [0.25, 0.3) is 0 Å². The van der Waals surface area contributed by atoms with Crippen molar-refractivity contribution in [3.05, 3.63) is 23.3 Å². The number of likely N-dealkylation sites (N-methyl/N-ethyl adjacent to an activating group) is 1. The van der Waals surface area contributed by atoms with Gasteiger partial charge in [-0.1, -0.05) is 13.8 Å².